The number of ether oxygens (including phenoxy) is 2. The number of methoxy groups -OCH3 is 1. The maximum atomic E-state index is 14.3. The molecule has 1 amide bonds. The highest BCUT2D eigenvalue weighted by molar-refractivity contribution is 7.99. The molecule has 1 aromatic carbocycles. The van der Waals surface area contributed by atoms with Crippen molar-refractivity contribution >= 4 is 29.2 Å². The van der Waals surface area contributed by atoms with Crippen molar-refractivity contribution in [2.75, 3.05) is 48.0 Å². The van der Waals surface area contributed by atoms with Crippen molar-refractivity contribution in [3.05, 3.63) is 24.0 Å². The third-order valence-electron chi connectivity index (χ3n) is 3.64. The first-order chi connectivity index (χ1) is 10.2. The maximum Gasteiger partial charge on any atom is 0.416 e. The first-order valence-corrected chi connectivity index (χ1v) is 7.97. The van der Waals surface area contributed by atoms with E-state index in [1.54, 1.807) is 12.1 Å². The number of halogens is 1. The summed E-state index contributed by atoms with van der Waals surface area (Å²) < 4.78 is 24.3. The number of hydrogen-bond acceptors (Lipinski definition) is 5. The number of amides is 1. The summed E-state index contributed by atoms with van der Waals surface area (Å²) in [6.07, 6.45) is -1.11. The van der Waals surface area contributed by atoms with Crippen LogP contribution < -0.4 is 9.80 Å². The fourth-order valence-electron chi connectivity index (χ4n) is 2.49. The molecule has 0 saturated carbocycles. The molecule has 0 N–H and O–H groups in total. The van der Waals surface area contributed by atoms with Crippen LogP contribution in [-0.4, -0.2) is 50.6 Å². The molecule has 2 heterocycles. The van der Waals surface area contributed by atoms with Gasteiger partial charge in [0.2, 0.25) is 6.29 Å². The number of carbonyl (C=O) groups excluding carboxylic acids is 1. The minimum absolute atomic E-state index is 0.272. The number of benzene rings is 1. The van der Waals surface area contributed by atoms with Gasteiger partial charge in [0, 0.05) is 31.7 Å². The molecule has 5 nitrogen and oxygen atoms in total. The number of rotatable bonds is 3. The molecule has 2 fully saturated rings. The van der Waals surface area contributed by atoms with Crippen molar-refractivity contribution in [2.45, 2.75) is 6.29 Å². The van der Waals surface area contributed by atoms with E-state index in [1.165, 1.54) is 18.1 Å². The zero-order chi connectivity index (χ0) is 14.8. The van der Waals surface area contributed by atoms with Gasteiger partial charge in [0.25, 0.3) is 0 Å². The van der Waals surface area contributed by atoms with Gasteiger partial charge in [0.1, 0.15) is 5.82 Å². The van der Waals surface area contributed by atoms with Gasteiger partial charge >= 0.3 is 6.09 Å². The normalized spacial score (nSPS) is 22.6. The van der Waals surface area contributed by atoms with E-state index in [4.69, 9.17) is 9.47 Å². The van der Waals surface area contributed by atoms with Crippen molar-refractivity contribution in [1.29, 1.82) is 0 Å². The third-order valence-corrected chi connectivity index (χ3v) is 4.58. The Kier molecular flexibility index (Phi) is 4.21. The topological polar surface area (TPSA) is 42.0 Å². The van der Waals surface area contributed by atoms with E-state index >= 15 is 0 Å². The molecule has 0 bridgehead atoms. The molecule has 1 aromatic rings. The fourth-order valence-corrected chi connectivity index (χ4v) is 3.40. The lowest BCUT2D eigenvalue weighted by molar-refractivity contribution is -0.0488. The van der Waals surface area contributed by atoms with Gasteiger partial charge in [0.15, 0.2) is 0 Å². The molecule has 0 aromatic heterocycles. The quantitative estimate of drug-likeness (QED) is 0.857. The van der Waals surface area contributed by atoms with Gasteiger partial charge in [-0.3, -0.25) is 4.90 Å². The molecule has 2 saturated heterocycles. The average molecular weight is 312 g/mol. The van der Waals surface area contributed by atoms with Crippen LogP contribution in [0.2, 0.25) is 0 Å². The van der Waals surface area contributed by atoms with Crippen molar-refractivity contribution in [1.82, 2.24) is 0 Å². The molecule has 0 spiro atoms. The maximum absolute atomic E-state index is 14.3. The highest BCUT2D eigenvalue weighted by Crippen LogP contribution is 2.29. The van der Waals surface area contributed by atoms with Crippen LogP contribution in [0.25, 0.3) is 0 Å². The lowest BCUT2D eigenvalue weighted by atomic mass is 10.2. The van der Waals surface area contributed by atoms with E-state index in [0.717, 1.165) is 24.6 Å². The molecular formula is C14H17FN2O3S. The van der Waals surface area contributed by atoms with E-state index < -0.39 is 12.4 Å². The van der Waals surface area contributed by atoms with Crippen LogP contribution in [-0.2, 0) is 9.47 Å². The van der Waals surface area contributed by atoms with Crippen LogP contribution >= 0.6 is 11.8 Å². The van der Waals surface area contributed by atoms with Crippen LogP contribution in [0.3, 0.4) is 0 Å². The van der Waals surface area contributed by atoms with Crippen molar-refractivity contribution in [3.8, 4) is 0 Å². The second-order valence-electron chi connectivity index (χ2n) is 4.89. The Hall–Kier alpha value is -1.47. The highest BCUT2D eigenvalue weighted by atomic mass is 32.2. The number of anilines is 2. The molecule has 2 aliphatic rings. The van der Waals surface area contributed by atoms with Gasteiger partial charge in [0.05, 0.1) is 17.9 Å². The fraction of sp³-hybridized carbons (Fsp3) is 0.500. The molecule has 2 aliphatic heterocycles. The van der Waals surface area contributed by atoms with Crippen LogP contribution in [0.15, 0.2) is 18.2 Å². The number of thioether (sulfide) groups is 1. The van der Waals surface area contributed by atoms with Gasteiger partial charge < -0.3 is 14.4 Å². The monoisotopic (exact) mass is 312 g/mol. The van der Waals surface area contributed by atoms with Crippen LogP contribution in [0.5, 0.6) is 0 Å². The van der Waals surface area contributed by atoms with Crippen LogP contribution in [0.1, 0.15) is 0 Å². The summed E-state index contributed by atoms with van der Waals surface area (Å²) in [7, 11) is 1.47. The lowest BCUT2D eigenvalue weighted by Gasteiger charge is -2.29. The second-order valence-corrected chi connectivity index (χ2v) is 6.12. The van der Waals surface area contributed by atoms with Gasteiger partial charge in [-0.2, -0.15) is 11.8 Å². The Morgan fingerprint density at radius 1 is 1.38 bits per heavy atom. The Bertz CT molecular complexity index is 537. The summed E-state index contributed by atoms with van der Waals surface area (Å²) in [6, 6.07) is 4.86. The predicted octanol–water partition coefficient (Wildman–Crippen LogP) is 2.31. The summed E-state index contributed by atoms with van der Waals surface area (Å²) in [5.41, 5.74) is 1.09. The molecule has 1 atom stereocenters. The second kappa shape index (κ2) is 6.11. The van der Waals surface area contributed by atoms with E-state index in [9.17, 15) is 9.18 Å². The standard InChI is InChI=1S/C14H17FN2O3S/c1-19-13-9-17(14(18)20-13)10-2-3-12(11(15)8-10)16-4-6-21-7-5-16/h2-3,8,13H,4-7,9H2,1H3. The molecule has 7 heteroatoms. The molecule has 114 valence electrons. The molecule has 1 unspecified atom stereocenters. The summed E-state index contributed by atoms with van der Waals surface area (Å²) in [4.78, 5) is 15.1. The first kappa shape index (κ1) is 14.5. The Labute approximate surface area is 127 Å². The smallest absolute Gasteiger partial charge is 0.416 e. The summed E-state index contributed by atoms with van der Waals surface area (Å²) in [5.74, 6) is 1.71. The molecule has 0 radical (unpaired) electrons. The van der Waals surface area contributed by atoms with Gasteiger partial charge in [-0.25, -0.2) is 9.18 Å². The number of nitrogens with zero attached hydrogens (tertiary/aromatic N) is 2. The van der Waals surface area contributed by atoms with E-state index in [-0.39, 0.29) is 12.4 Å². The van der Waals surface area contributed by atoms with Gasteiger partial charge in [-0.05, 0) is 18.2 Å². The molecule has 3 rings (SSSR count). The first-order valence-electron chi connectivity index (χ1n) is 6.82. The minimum Gasteiger partial charge on any atom is -0.417 e. The molecule has 21 heavy (non-hydrogen) atoms. The van der Waals surface area contributed by atoms with Crippen molar-refractivity contribution in [2.24, 2.45) is 0 Å². The summed E-state index contributed by atoms with van der Waals surface area (Å²) in [6.45, 7) is 1.96. The number of hydrogen-bond donors (Lipinski definition) is 0. The summed E-state index contributed by atoms with van der Waals surface area (Å²) in [5, 5.41) is 0. The lowest BCUT2D eigenvalue weighted by Crippen LogP contribution is -2.33. The van der Waals surface area contributed by atoms with Gasteiger partial charge in [-0.1, -0.05) is 0 Å². The third kappa shape index (κ3) is 2.94. The number of cyclic esters (lactones) is 1. The van der Waals surface area contributed by atoms with E-state index in [0.29, 0.717) is 11.4 Å². The number of carbonyl (C=O) groups is 1. The van der Waals surface area contributed by atoms with Crippen molar-refractivity contribution < 1.29 is 18.7 Å². The Morgan fingerprint density at radius 3 is 2.76 bits per heavy atom. The predicted molar refractivity (Wildman–Crippen MR) is 80.6 cm³/mol. The zero-order valence-corrected chi connectivity index (χ0v) is 12.6. The minimum atomic E-state index is -0.598. The SMILES string of the molecule is COC1CN(c2ccc(N3CCSCC3)c(F)c2)C(=O)O1. The molecular weight excluding hydrogens is 295 g/mol. The zero-order valence-electron chi connectivity index (χ0n) is 11.8. The van der Waals surface area contributed by atoms with E-state index in [1.807, 2.05) is 16.7 Å². The van der Waals surface area contributed by atoms with E-state index in [2.05, 4.69) is 0 Å². The summed E-state index contributed by atoms with van der Waals surface area (Å²) >= 11 is 1.88. The van der Waals surface area contributed by atoms with Crippen LogP contribution in [0.4, 0.5) is 20.6 Å². The largest absolute Gasteiger partial charge is 0.417 e. The van der Waals surface area contributed by atoms with Crippen molar-refractivity contribution in [3.63, 3.8) is 0 Å². The highest BCUT2D eigenvalue weighted by Gasteiger charge is 2.32. The Balaban J connectivity index is 1.79. The average Bonchev–Trinajstić information content (AvgIpc) is 2.89. The Morgan fingerprint density at radius 2 is 2.14 bits per heavy atom. The van der Waals surface area contributed by atoms with Crippen LogP contribution in [0, 0.1) is 5.82 Å². The molecule has 0 aliphatic carbocycles. The van der Waals surface area contributed by atoms with Gasteiger partial charge in [-0.15, -0.1) is 0 Å².